The van der Waals surface area contributed by atoms with Crippen LogP contribution in [0.5, 0.6) is 0 Å². The number of carbonyl (C=O) groups excluding carboxylic acids is 3. The predicted octanol–water partition coefficient (Wildman–Crippen LogP) is 5.37. The fourth-order valence-corrected chi connectivity index (χ4v) is 8.32. The third-order valence-corrected chi connectivity index (χ3v) is 10.4. The van der Waals surface area contributed by atoms with Gasteiger partial charge in [-0.05, 0) is 61.0 Å². The minimum atomic E-state index is -0.746. The van der Waals surface area contributed by atoms with Crippen molar-refractivity contribution in [3.8, 4) is 0 Å². The molecule has 0 bridgehead atoms. The molecule has 4 aromatic rings. The summed E-state index contributed by atoms with van der Waals surface area (Å²) in [7, 11) is 3.89. The van der Waals surface area contributed by atoms with Crippen molar-refractivity contribution in [1.82, 2.24) is 4.57 Å². The molecule has 1 saturated heterocycles. The summed E-state index contributed by atoms with van der Waals surface area (Å²) in [6, 6.07) is 21.8. The molecule has 2 aliphatic rings. The molecule has 3 aromatic carbocycles. The second kappa shape index (κ2) is 11.1. The molecule has 3 amide bonds. The van der Waals surface area contributed by atoms with Gasteiger partial charge in [0.15, 0.2) is 0 Å². The molecule has 0 aliphatic carbocycles. The molecule has 1 aromatic heterocycles. The zero-order valence-electron chi connectivity index (χ0n) is 23.0. The number of rotatable bonds is 6. The van der Waals surface area contributed by atoms with Gasteiger partial charge in [0.2, 0.25) is 17.7 Å². The van der Waals surface area contributed by atoms with Crippen LogP contribution >= 0.6 is 34.7 Å². The zero-order valence-corrected chi connectivity index (χ0v) is 25.4. The van der Waals surface area contributed by atoms with Crippen LogP contribution in [0.15, 0.2) is 82.6 Å². The topological polar surface area (TPSA) is 91.7 Å². The van der Waals surface area contributed by atoms with Crippen molar-refractivity contribution in [2.24, 2.45) is 5.92 Å². The first-order valence-electron chi connectivity index (χ1n) is 13.3. The van der Waals surface area contributed by atoms with E-state index in [1.807, 2.05) is 62.3 Å². The zero-order chi connectivity index (χ0) is 29.7. The first-order valence-corrected chi connectivity index (χ1v) is 15.4. The summed E-state index contributed by atoms with van der Waals surface area (Å²) in [6.45, 7) is 1.72. The molecule has 0 spiro atoms. The van der Waals surface area contributed by atoms with Gasteiger partial charge in [-0.3, -0.25) is 23.7 Å². The third kappa shape index (κ3) is 5.04. The van der Waals surface area contributed by atoms with Crippen molar-refractivity contribution >= 4 is 69.5 Å². The second-order valence-electron chi connectivity index (χ2n) is 10.6. The maximum atomic E-state index is 14.0. The van der Waals surface area contributed by atoms with Crippen molar-refractivity contribution in [1.29, 1.82) is 0 Å². The molecule has 6 rings (SSSR count). The van der Waals surface area contributed by atoms with Crippen molar-refractivity contribution in [2.45, 2.75) is 29.7 Å². The number of imide groups is 1. The van der Waals surface area contributed by atoms with Gasteiger partial charge >= 0.3 is 4.87 Å². The molecule has 8 nitrogen and oxygen atoms in total. The van der Waals surface area contributed by atoms with Gasteiger partial charge in [0.25, 0.3) is 0 Å². The first kappa shape index (κ1) is 28.3. The van der Waals surface area contributed by atoms with E-state index in [1.165, 1.54) is 21.2 Å². The Bertz CT molecular complexity index is 1750. The number of fused-ring (bicyclic) bond motifs is 2. The molecule has 0 radical (unpaired) electrons. The average molecular weight is 619 g/mol. The smallest absolute Gasteiger partial charge is 0.308 e. The number of anilines is 3. The van der Waals surface area contributed by atoms with Gasteiger partial charge in [-0.25, -0.2) is 4.90 Å². The number of nitrogens with zero attached hydrogens (tertiary/aromatic N) is 3. The highest BCUT2D eigenvalue weighted by Gasteiger charge is 2.56. The van der Waals surface area contributed by atoms with E-state index in [0.717, 1.165) is 28.2 Å². The number of thiazole rings is 1. The Kier molecular flexibility index (Phi) is 7.46. The number of hydrogen-bond donors (Lipinski definition) is 1. The summed E-state index contributed by atoms with van der Waals surface area (Å²) in [6.07, 6.45) is 0. The number of amides is 3. The first-order chi connectivity index (χ1) is 20.1. The van der Waals surface area contributed by atoms with Crippen molar-refractivity contribution in [3.63, 3.8) is 0 Å². The lowest BCUT2D eigenvalue weighted by Gasteiger charge is -2.31. The number of nitrogens with one attached hydrogen (secondary N) is 1. The van der Waals surface area contributed by atoms with Crippen LogP contribution in [0, 0.1) is 12.8 Å². The van der Waals surface area contributed by atoms with Crippen molar-refractivity contribution < 1.29 is 14.4 Å². The third-order valence-electron chi connectivity index (χ3n) is 7.54. The van der Waals surface area contributed by atoms with Crippen LogP contribution in [0.2, 0.25) is 5.02 Å². The Morgan fingerprint density at radius 2 is 1.60 bits per heavy atom. The summed E-state index contributed by atoms with van der Waals surface area (Å²) < 4.78 is 1.42. The van der Waals surface area contributed by atoms with E-state index in [0.29, 0.717) is 26.3 Å². The highest BCUT2D eigenvalue weighted by Crippen LogP contribution is 2.54. The Labute approximate surface area is 255 Å². The lowest BCUT2D eigenvalue weighted by atomic mass is 9.83. The molecule has 1 N–H and O–H groups in total. The summed E-state index contributed by atoms with van der Waals surface area (Å²) >= 11 is 8.19. The Balaban J connectivity index is 1.41. The fraction of sp³-hybridized carbons (Fsp3) is 0.226. The average Bonchev–Trinajstić information content (AvgIpc) is 3.41. The van der Waals surface area contributed by atoms with E-state index in [2.05, 4.69) is 5.32 Å². The Morgan fingerprint density at radius 1 is 0.929 bits per heavy atom. The number of hydrogen-bond acceptors (Lipinski definition) is 7. The quantitative estimate of drug-likeness (QED) is 0.292. The highest BCUT2D eigenvalue weighted by molar-refractivity contribution is 8.00. The molecule has 0 saturated carbocycles. The molecule has 1 fully saturated rings. The maximum absolute atomic E-state index is 14.0. The van der Waals surface area contributed by atoms with Crippen LogP contribution < -0.4 is 20.0 Å². The molecule has 3 heterocycles. The van der Waals surface area contributed by atoms with Crippen LogP contribution in [-0.4, -0.2) is 41.6 Å². The lowest BCUT2D eigenvalue weighted by molar-refractivity contribution is -0.122. The van der Waals surface area contributed by atoms with Gasteiger partial charge in [0, 0.05) is 41.3 Å². The van der Waals surface area contributed by atoms with Gasteiger partial charge in [-0.1, -0.05) is 64.5 Å². The number of aryl methyl sites for hydroxylation is 1. The molecule has 3 atom stereocenters. The van der Waals surface area contributed by atoms with Gasteiger partial charge in [-0.15, -0.1) is 0 Å². The van der Waals surface area contributed by atoms with Gasteiger partial charge in [0.05, 0.1) is 16.6 Å². The summed E-state index contributed by atoms with van der Waals surface area (Å²) in [5, 5.41) is 3.15. The summed E-state index contributed by atoms with van der Waals surface area (Å²) in [4.78, 5) is 57.9. The van der Waals surface area contributed by atoms with Crippen LogP contribution in [0.1, 0.15) is 21.9 Å². The van der Waals surface area contributed by atoms with Crippen LogP contribution in [0.3, 0.4) is 0 Å². The Hall–Kier alpha value is -3.86. The van der Waals surface area contributed by atoms with Crippen LogP contribution in [0.4, 0.5) is 17.1 Å². The minimum absolute atomic E-state index is 0.228. The minimum Gasteiger partial charge on any atom is -0.378 e. The largest absolute Gasteiger partial charge is 0.378 e. The van der Waals surface area contributed by atoms with Crippen LogP contribution in [-0.2, 0) is 20.9 Å². The van der Waals surface area contributed by atoms with E-state index < -0.39 is 17.1 Å². The molecular formula is C31H27ClN4O4S2. The predicted molar refractivity (Wildman–Crippen MR) is 168 cm³/mol. The maximum Gasteiger partial charge on any atom is 0.308 e. The van der Waals surface area contributed by atoms with E-state index >= 15 is 0 Å². The number of aromatic nitrogens is 1. The second-order valence-corrected chi connectivity index (χ2v) is 13.1. The molecular weight excluding hydrogens is 592 g/mol. The monoisotopic (exact) mass is 618 g/mol. The standard InChI is InChI=1S/C31H27ClN4O4S2/c1-17-4-12-22(13-5-17)36-28(38)25-24(18-6-14-21(15-7-18)34(2)3)27-30(41-26(25)29(36)39)35(31(40)42-27)16-23(37)33-20-10-8-19(32)9-11-20/h4-15,24-26H,16H2,1-3H3,(H,33,37)/t24-,25-,26+/m0/s1. The van der Waals surface area contributed by atoms with Gasteiger partial charge < -0.3 is 10.2 Å². The lowest BCUT2D eigenvalue weighted by Crippen LogP contribution is -2.33. The number of thioether (sulfide) groups is 1. The number of benzene rings is 3. The fourth-order valence-electron chi connectivity index (χ4n) is 5.42. The van der Waals surface area contributed by atoms with E-state index in [4.69, 9.17) is 11.6 Å². The normalized spacial score (nSPS) is 19.4. The Morgan fingerprint density at radius 3 is 2.24 bits per heavy atom. The number of halogens is 1. The van der Waals surface area contributed by atoms with Crippen molar-refractivity contribution in [2.75, 3.05) is 29.2 Å². The van der Waals surface area contributed by atoms with E-state index in [9.17, 15) is 19.2 Å². The van der Waals surface area contributed by atoms with Crippen molar-refractivity contribution in [3.05, 3.63) is 103 Å². The molecule has 214 valence electrons. The van der Waals surface area contributed by atoms with E-state index in [1.54, 1.807) is 36.4 Å². The molecule has 2 aliphatic heterocycles. The number of carbonyl (C=O) groups is 3. The molecule has 11 heteroatoms. The van der Waals surface area contributed by atoms with Gasteiger partial charge in [-0.2, -0.15) is 0 Å². The van der Waals surface area contributed by atoms with Crippen LogP contribution in [0.25, 0.3) is 0 Å². The molecule has 0 unspecified atom stereocenters. The summed E-state index contributed by atoms with van der Waals surface area (Å²) in [5.74, 6) is -2.22. The van der Waals surface area contributed by atoms with Gasteiger partial charge in [0.1, 0.15) is 11.8 Å². The highest BCUT2D eigenvalue weighted by atomic mass is 35.5. The SMILES string of the molecule is Cc1ccc(N2C(=O)[C@H]3[C@H](c4ccc(N(C)C)cc4)c4sc(=O)n(CC(=O)Nc5ccc(Cl)cc5)c4S[C@H]3C2=O)cc1. The van der Waals surface area contributed by atoms with E-state index in [-0.39, 0.29) is 29.1 Å². The summed E-state index contributed by atoms with van der Waals surface area (Å²) in [5.41, 5.74) is 3.92. The molecule has 42 heavy (non-hydrogen) atoms.